The Labute approximate surface area is 473 Å². The number of amides is 1. The molecule has 77 heavy (non-hydrogen) atoms. The van der Waals surface area contributed by atoms with Gasteiger partial charge in [-0.05, 0) is 77.0 Å². The fourth-order valence-electron chi connectivity index (χ4n) is 9.91. The van der Waals surface area contributed by atoms with Gasteiger partial charge in [-0.25, -0.2) is 0 Å². The number of rotatable bonds is 55. The van der Waals surface area contributed by atoms with E-state index in [1.807, 2.05) is 6.08 Å². The lowest BCUT2D eigenvalue weighted by Gasteiger charge is -2.40. The molecule has 9 nitrogen and oxygen atoms in total. The second-order valence-corrected chi connectivity index (χ2v) is 22.2. The molecule has 0 aromatic rings. The van der Waals surface area contributed by atoms with Crippen molar-refractivity contribution in [3.8, 4) is 0 Å². The summed E-state index contributed by atoms with van der Waals surface area (Å²) >= 11 is 0. The highest BCUT2D eigenvalue weighted by Gasteiger charge is 2.44. The van der Waals surface area contributed by atoms with Gasteiger partial charge in [0, 0.05) is 6.42 Å². The standard InChI is InChI=1S/C68H121NO8/c1-3-5-7-9-11-13-15-17-19-21-23-25-27-29-30-31-32-34-35-37-39-41-43-45-47-49-51-53-55-57-62(71)61(60-76-68-67(75)66(74)65(73)63(59-70)77-68)69-64(72)58-56-54-52-50-48-46-44-42-40-38-36-33-28-26-24-22-20-18-16-14-12-10-8-6-4-2/h6,8,12,14,18,20,24,26,33,36,47,49,55,57,61-63,65-68,70-71,73-75H,3-5,7,9-11,13,15-17,19,21-23,25,27-32,34-35,37-46,48,50-54,56,58-60H2,1-2H3,(H,69,72)/b8-6-,14-12-,20-18-,26-24-,36-33-,49-47+,57-55+. The minimum absolute atomic E-state index is 0.194. The molecule has 1 heterocycles. The summed E-state index contributed by atoms with van der Waals surface area (Å²) in [6.45, 7) is 3.67. The molecule has 0 saturated carbocycles. The molecule has 0 aliphatic carbocycles. The van der Waals surface area contributed by atoms with Gasteiger partial charge in [-0.1, -0.05) is 285 Å². The van der Waals surface area contributed by atoms with Gasteiger partial charge in [0.05, 0.1) is 25.4 Å². The predicted octanol–water partition coefficient (Wildman–Crippen LogP) is 17.0. The van der Waals surface area contributed by atoms with Crippen LogP contribution in [-0.4, -0.2) is 87.5 Å². The Morgan fingerprint density at radius 3 is 1.25 bits per heavy atom. The zero-order valence-corrected chi connectivity index (χ0v) is 49.7. The molecule has 7 unspecified atom stereocenters. The number of ether oxygens (including phenoxy) is 2. The molecule has 0 spiro atoms. The van der Waals surface area contributed by atoms with Crippen molar-refractivity contribution in [2.75, 3.05) is 13.2 Å². The maximum Gasteiger partial charge on any atom is 0.220 e. The summed E-state index contributed by atoms with van der Waals surface area (Å²) in [6, 6.07) is -0.832. The van der Waals surface area contributed by atoms with Gasteiger partial charge in [0.1, 0.15) is 24.4 Å². The molecule has 1 aliphatic rings. The Bertz CT molecular complexity index is 1490. The summed E-state index contributed by atoms with van der Waals surface area (Å²) in [5.74, 6) is -0.194. The Morgan fingerprint density at radius 1 is 0.455 bits per heavy atom. The largest absolute Gasteiger partial charge is 0.394 e. The van der Waals surface area contributed by atoms with Crippen molar-refractivity contribution in [2.45, 2.75) is 326 Å². The number of carbonyl (C=O) groups excluding carboxylic acids is 1. The van der Waals surface area contributed by atoms with Crippen LogP contribution in [-0.2, 0) is 14.3 Å². The van der Waals surface area contributed by atoms with E-state index in [4.69, 9.17) is 9.47 Å². The molecule has 1 saturated heterocycles. The molecular weight excluding hydrogens is 959 g/mol. The summed E-state index contributed by atoms with van der Waals surface area (Å²) in [7, 11) is 0. The molecule has 0 radical (unpaired) electrons. The van der Waals surface area contributed by atoms with E-state index in [2.05, 4.69) is 92.1 Å². The number of hydrogen-bond acceptors (Lipinski definition) is 8. The number of carbonyl (C=O) groups is 1. The van der Waals surface area contributed by atoms with Crippen molar-refractivity contribution in [2.24, 2.45) is 0 Å². The van der Waals surface area contributed by atoms with Crippen molar-refractivity contribution in [3.05, 3.63) is 85.1 Å². The van der Waals surface area contributed by atoms with E-state index in [1.165, 1.54) is 180 Å². The molecule has 446 valence electrons. The third kappa shape index (κ3) is 45.8. The monoisotopic (exact) mass is 1080 g/mol. The minimum Gasteiger partial charge on any atom is -0.394 e. The lowest BCUT2D eigenvalue weighted by atomic mass is 9.99. The Kier molecular flexibility index (Phi) is 53.2. The average molecular weight is 1080 g/mol. The first kappa shape index (κ1) is 72.4. The van der Waals surface area contributed by atoms with Gasteiger partial charge in [0.15, 0.2) is 6.29 Å². The third-order valence-corrected chi connectivity index (χ3v) is 15.0. The number of allylic oxidation sites excluding steroid dienone is 13. The lowest BCUT2D eigenvalue weighted by molar-refractivity contribution is -0.302. The van der Waals surface area contributed by atoms with Crippen LogP contribution in [0, 0.1) is 0 Å². The number of aliphatic hydroxyl groups excluding tert-OH is 5. The lowest BCUT2D eigenvalue weighted by Crippen LogP contribution is -2.60. The molecule has 1 fully saturated rings. The summed E-state index contributed by atoms with van der Waals surface area (Å²) in [5.41, 5.74) is 0. The molecule has 1 amide bonds. The molecule has 7 atom stereocenters. The fourth-order valence-corrected chi connectivity index (χ4v) is 9.91. The van der Waals surface area contributed by atoms with Crippen molar-refractivity contribution in [1.29, 1.82) is 0 Å². The van der Waals surface area contributed by atoms with E-state index in [0.29, 0.717) is 6.42 Å². The first-order chi connectivity index (χ1) is 37.8. The Balaban J connectivity index is 2.21. The molecule has 1 aliphatic heterocycles. The molecular formula is C68H121NO8. The fraction of sp³-hybridized carbons (Fsp3) is 0.779. The second-order valence-electron chi connectivity index (χ2n) is 22.2. The van der Waals surface area contributed by atoms with Gasteiger partial charge < -0.3 is 40.3 Å². The first-order valence-electron chi connectivity index (χ1n) is 32.3. The van der Waals surface area contributed by atoms with Crippen molar-refractivity contribution in [3.63, 3.8) is 0 Å². The smallest absolute Gasteiger partial charge is 0.220 e. The van der Waals surface area contributed by atoms with E-state index in [9.17, 15) is 30.3 Å². The second kappa shape index (κ2) is 56.6. The van der Waals surface area contributed by atoms with Crippen molar-refractivity contribution >= 4 is 5.91 Å². The van der Waals surface area contributed by atoms with Crippen LogP contribution in [0.5, 0.6) is 0 Å². The third-order valence-electron chi connectivity index (χ3n) is 15.0. The number of unbranched alkanes of at least 4 members (excludes halogenated alkanes) is 33. The summed E-state index contributed by atoms with van der Waals surface area (Å²) in [6.07, 6.45) is 73.8. The van der Waals surface area contributed by atoms with Gasteiger partial charge in [-0.3, -0.25) is 4.79 Å². The summed E-state index contributed by atoms with van der Waals surface area (Å²) in [4.78, 5) is 13.1. The normalized spacial score (nSPS) is 19.3. The van der Waals surface area contributed by atoms with E-state index in [0.717, 1.165) is 83.5 Å². The minimum atomic E-state index is -1.58. The maximum absolute atomic E-state index is 13.1. The molecule has 0 bridgehead atoms. The molecule has 6 N–H and O–H groups in total. The Hall–Kier alpha value is -2.63. The molecule has 1 rings (SSSR count). The van der Waals surface area contributed by atoms with Crippen LogP contribution in [0.2, 0.25) is 0 Å². The molecule has 0 aromatic carbocycles. The van der Waals surface area contributed by atoms with E-state index < -0.39 is 49.5 Å². The summed E-state index contributed by atoms with van der Waals surface area (Å²) < 4.78 is 11.3. The van der Waals surface area contributed by atoms with Crippen LogP contribution in [0.1, 0.15) is 284 Å². The zero-order valence-electron chi connectivity index (χ0n) is 49.7. The first-order valence-corrected chi connectivity index (χ1v) is 32.3. The highest BCUT2D eigenvalue weighted by Crippen LogP contribution is 2.23. The van der Waals surface area contributed by atoms with Gasteiger partial charge in [0.25, 0.3) is 0 Å². The quantitative estimate of drug-likeness (QED) is 0.0261. The number of aliphatic hydroxyl groups is 5. The number of nitrogens with one attached hydrogen (secondary N) is 1. The average Bonchev–Trinajstić information content (AvgIpc) is 3.43. The zero-order chi connectivity index (χ0) is 55.8. The van der Waals surface area contributed by atoms with Gasteiger partial charge in [-0.2, -0.15) is 0 Å². The van der Waals surface area contributed by atoms with Crippen LogP contribution in [0.15, 0.2) is 85.1 Å². The van der Waals surface area contributed by atoms with Crippen LogP contribution in [0.4, 0.5) is 0 Å². The van der Waals surface area contributed by atoms with Crippen LogP contribution < -0.4 is 5.32 Å². The van der Waals surface area contributed by atoms with E-state index >= 15 is 0 Å². The molecule has 9 heteroatoms. The predicted molar refractivity (Wildman–Crippen MR) is 327 cm³/mol. The van der Waals surface area contributed by atoms with Crippen LogP contribution in [0.25, 0.3) is 0 Å². The highest BCUT2D eigenvalue weighted by atomic mass is 16.7. The summed E-state index contributed by atoms with van der Waals surface area (Å²) in [5, 5.41) is 54.6. The highest BCUT2D eigenvalue weighted by molar-refractivity contribution is 5.76. The van der Waals surface area contributed by atoms with Crippen LogP contribution >= 0.6 is 0 Å². The Morgan fingerprint density at radius 2 is 0.818 bits per heavy atom. The van der Waals surface area contributed by atoms with Crippen molar-refractivity contribution < 1.29 is 39.8 Å². The molecule has 0 aromatic heterocycles. The van der Waals surface area contributed by atoms with Crippen molar-refractivity contribution in [1.82, 2.24) is 5.32 Å². The number of hydrogen-bond donors (Lipinski definition) is 6. The van der Waals surface area contributed by atoms with Gasteiger partial charge in [0.2, 0.25) is 5.91 Å². The van der Waals surface area contributed by atoms with E-state index in [-0.39, 0.29) is 12.5 Å². The maximum atomic E-state index is 13.1. The van der Waals surface area contributed by atoms with Gasteiger partial charge >= 0.3 is 0 Å². The van der Waals surface area contributed by atoms with Crippen LogP contribution in [0.3, 0.4) is 0 Å². The van der Waals surface area contributed by atoms with Gasteiger partial charge in [-0.15, -0.1) is 0 Å². The SMILES string of the molecule is CC/C=C\C/C=C\C/C=C\C/C=C\C/C=C\CCCCCCCCCCCC(=O)NC(COC1OC(CO)C(O)C(O)C1O)C(O)/C=C/CC/C=C/CCCCCCCCCCCCCCCCCCCCCCCCC. The van der Waals surface area contributed by atoms with E-state index in [1.54, 1.807) is 6.08 Å². The topological polar surface area (TPSA) is 149 Å².